The van der Waals surface area contributed by atoms with Crippen molar-refractivity contribution in [2.45, 2.75) is 0 Å². The van der Waals surface area contributed by atoms with Gasteiger partial charge in [0.2, 0.25) is 0 Å². The molecule has 0 atom stereocenters. The third-order valence-corrected chi connectivity index (χ3v) is 2.46. The Labute approximate surface area is 110 Å². The van der Waals surface area contributed by atoms with Crippen molar-refractivity contribution in [2.75, 3.05) is 19.5 Å². The van der Waals surface area contributed by atoms with Crippen molar-refractivity contribution in [1.29, 1.82) is 0 Å². The number of benzene rings is 1. The maximum atomic E-state index is 11.8. The molecule has 17 heavy (non-hydrogen) atoms. The van der Waals surface area contributed by atoms with Crippen LogP contribution in [0.25, 0.3) is 0 Å². The molecular weight excluding hydrogens is 261 g/mol. The molecule has 0 unspecified atom stereocenters. The van der Waals surface area contributed by atoms with Crippen molar-refractivity contribution >= 4 is 29.1 Å². The highest BCUT2D eigenvalue weighted by molar-refractivity contribution is 6.31. The van der Waals surface area contributed by atoms with Gasteiger partial charge in [0.25, 0.3) is 5.91 Å². The summed E-state index contributed by atoms with van der Waals surface area (Å²) < 4.78 is 5.09. The zero-order valence-electron chi connectivity index (χ0n) is 9.37. The first-order valence-electron chi connectivity index (χ1n) is 5.01. The van der Waals surface area contributed by atoms with Crippen LogP contribution in [0.2, 0.25) is 5.02 Å². The number of allylic oxidation sites excluding steroid dienone is 1. The fourth-order valence-corrected chi connectivity index (χ4v) is 1.55. The first-order valence-corrected chi connectivity index (χ1v) is 5.93. The van der Waals surface area contributed by atoms with Gasteiger partial charge >= 0.3 is 0 Å². The standard InChI is InChI=1S/C12H13Cl2NO2/c1-17-11-5-4-9(14)8-10(11)12(16)15-7-3-2-6-13/h2-5,8H,6-7H2,1H3,(H,15,16)/b3-2+. The highest BCUT2D eigenvalue weighted by Crippen LogP contribution is 2.22. The first-order chi connectivity index (χ1) is 8.19. The highest BCUT2D eigenvalue weighted by atomic mass is 35.5. The third kappa shape index (κ3) is 4.29. The van der Waals surface area contributed by atoms with Crippen LogP contribution in [0.5, 0.6) is 5.75 Å². The van der Waals surface area contributed by atoms with Crippen LogP contribution in [0.4, 0.5) is 0 Å². The second-order valence-corrected chi connectivity index (χ2v) is 3.93. The number of carbonyl (C=O) groups excluding carboxylic acids is 1. The summed E-state index contributed by atoms with van der Waals surface area (Å²) >= 11 is 11.3. The van der Waals surface area contributed by atoms with Gasteiger partial charge < -0.3 is 10.1 Å². The van der Waals surface area contributed by atoms with E-state index in [0.717, 1.165) is 0 Å². The lowest BCUT2D eigenvalue weighted by molar-refractivity contribution is 0.0955. The molecule has 1 amide bonds. The Balaban J connectivity index is 2.73. The van der Waals surface area contributed by atoms with Crippen LogP contribution in [-0.2, 0) is 0 Å². The molecule has 0 aromatic heterocycles. The third-order valence-electron chi connectivity index (χ3n) is 2.04. The van der Waals surface area contributed by atoms with Crippen LogP contribution in [0.15, 0.2) is 30.4 Å². The Morgan fingerprint density at radius 2 is 2.24 bits per heavy atom. The molecule has 3 nitrogen and oxygen atoms in total. The van der Waals surface area contributed by atoms with Crippen molar-refractivity contribution in [3.63, 3.8) is 0 Å². The number of halogens is 2. The molecule has 0 fully saturated rings. The molecule has 1 aromatic rings. The van der Waals surface area contributed by atoms with Gasteiger partial charge in [-0.25, -0.2) is 0 Å². The topological polar surface area (TPSA) is 38.3 Å². The number of rotatable bonds is 5. The average molecular weight is 274 g/mol. The van der Waals surface area contributed by atoms with Gasteiger partial charge in [-0.3, -0.25) is 4.79 Å². The van der Waals surface area contributed by atoms with Crippen LogP contribution < -0.4 is 10.1 Å². The maximum Gasteiger partial charge on any atom is 0.255 e. The number of hydrogen-bond acceptors (Lipinski definition) is 2. The molecule has 92 valence electrons. The van der Waals surface area contributed by atoms with Crippen LogP contribution in [-0.4, -0.2) is 25.4 Å². The van der Waals surface area contributed by atoms with Gasteiger partial charge in [-0.2, -0.15) is 0 Å². The van der Waals surface area contributed by atoms with Crippen LogP contribution in [0.1, 0.15) is 10.4 Å². The second kappa shape index (κ2) is 7.20. The molecule has 0 aliphatic heterocycles. The predicted molar refractivity (Wildman–Crippen MR) is 70.2 cm³/mol. The normalized spacial score (nSPS) is 10.5. The number of amides is 1. The Hall–Kier alpha value is -1.19. The SMILES string of the molecule is COc1ccc(Cl)cc1C(=O)NC/C=C/CCl. The van der Waals surface area contributed by atoms with Crippen molar-refractivity contribution in [1.82, 2.24) is 5.32 Å². The minimum atomic E-state index is -0.233. The summed E-state index contributed by atoms with van der Waals surface area (Å²) in [5.74, 6) is 0.688. The van der Waals surface area contributed by atoms with Crippen molar-refractivity contribution in [3.8, 4) is 5.75 Å². The van der Waals surface area contributed by atoms with Gasteiger partial charge in [0.1, 0.15) is 5.75 Å². The number of ether oxygens (including phenoxy) is 1. The summed E-state index contributed by atoms with van der Waals surface area (Å²) in [6, 6.07) is 4.90. The van der Waals surface area contributed by atoms with E-state index in [9.17, 15) is 4.79 Å². The van der Waals surface area contributed by atoms with Crippen molar-refractivity contribution < 1.29 is 9.53 Å². The van der Waals surface area contributed by atoms with E-state index >= 15 is 0 Å². The van der Waals surface area contributed by atoms with E-state index in [-0.39, 0.29) is 5.91 Å². The minimum Gasteiger partial charge on any atom is -0.496 e. The Bertz CT molecular complexity index is 419. The molecule has 0 aliphatic carbocycles. The molecule has 0 heterocycles. The zero-order chi connectivity index (χ0) is 12.7. The fraction of sp³-hybridized carbons (Fsp3) is 0.250. The molecule has 1 N–H and O–H groups in total. The van der Waals surface area contributed by atoms with E-state index in [4.69, 9.17) is 27.9 Å². The lowest BCUT2D eigenvalue weighted by Gasteiger charge is -2.08. The number of hydrogen-bond donors (Lipinski definition) is 1. The number of methoxy groups -OCH3 is 1. The van der Waals surface area contributed by atoms with Gasteiger partial charge in [0.05, 0.1) is 12.7 Å². The lowest BCUT2D eigenvalue weighted by atomic mass is 10.2. The minimum absolute atomic E-state index is 0.233. The van der Waals surface area contributed by atoms with Crippen LogP contribution in [0.3, 0.4) is 0 Å². The lowest BCUT2D eigenvalue weighted by Crippen LogP contribution is -2.23. The van der Waals surface area contributed by atoms with Crippen LogP contribution in [0, 0.1) is 0 Å². The number of alkyl halides is 1. The molecule has 5 heteroatoms. The number of nitrogens with one attached hydrogen (secondary N) is 1. The van der Waals surface area contributed by atoms with E-state index in [2.05, 4.69) is 5.32 Å². The summed E-state index contributed by atoms with van der Waals surface area (Å²) in [5.41, 5.74) is 0.416. The molecule has 1 rings (SSSR count). The van der Waals surface area contributed by atoms with E-state index in [1.165, 1.54) is 7.11 Å². The summed E-state index contributed by atoms with van der Waals surface area (Å²) in [5, 5.41) is 3.21. The maximum absolute atomic E-state index is 11.8. The highest BCUT2D eigenvalue weighted by Gasteiger charge is 2.11. The van der Waals surface area contributed by atoms with E-state index in [1.807, 2.05) is 0 Å². The molecular formula is C12H13Cl2NO2. The van der Waals surface area contributed by atoms with Crippen molar-refractivity contribution in [3.05, 3.63) is 40.9 Å². The van der Waals surface area contributed by atoms with Gasteiger partial charge in [-0.05, 0) is 18.2 Å². The van der Waals surface area contributed by atoms with Crippen molar-refractivity contribution in [2.24, 2.45) is 0 Å². The fourth-order valence-electron chi connectivity index (χ4n) is 1.25. The molecule has 0 saturated heterocycles. The quantitative estimate of drug-likeness (QED) is 0.662. The first kappa shape index (κ1) is 13.9. The number of carbonyl (C=O) groups is 1. The molecule has 0 aliphatic rings. The summed E-state index contributed by atoms with van der Waals surface area (Å²) in [6.45, 7) is 0.418. The predicted octanol–water partition coefficient (Wildman–Crippen LogP) is 2.87. The van der Waals surface area contributed by atoms with Gasteiger partial charge in [-0.15, -0.1) is 11.6 Å². The van der Waals surface area contributed by atoms with E-state index in [0.29, 0.717) is 28.8 Å². The van der Waals surface area contributed by atoms with Gasteiger partial charge in [0, 0.05) is 17.4 Å². The zero-order valence-corrected chi connectivity index (χ0v) is 10.9. The molecule has 0 radical (unpaired) electrons. The van der Waals surface area contributed by atoms with Gasteiger partial charge in [0.15, 0.2) is 0 Å². The van der Waals surface area contributed by atoms with E-state index < -0.39 is 0 Å². The largest absolute Gasteiger partial charge is 0.496 e. The van der Waals surface area contributed by atoms with Crippen LogP contribution >= 0.6 is 23.2 Å². The Kier molecular flexibility index (Phi) is 5.87. The van der Waals surface area contributed by atoms with Gasteiger partial charge in [-0.1, -0.05) is 23.8 Å². The average Bonchev–Trinajstić information content (AvgIpc) is 2.34. The molecule has 0 spiro atoms. The molecule has 0 bridgehead atoms. The monoisotopic (exact) mass is 273 g/mol. The molecule has 0 saturated carbocycles. The second-order valence-electron chi connectivity index (χ2n) is 3.18. The van der Waals surface area contributed by atoms with E-state index in [1.54, 1.807) is 30.4 Å². The summed E-state index contributed by atoms with van der Waals surface area (Å²) in [6.07, 6.45) is 3.54. The smallest absolute Gasteiger partial charge is 0.255 e. The molecule has 1 aromatic carbocycles. The summed E-state index contributed by atoms with van der Waals surface area (Å²) in [7, 11) is 1.51. The Morgan fingerprint density at radius 1 is 1.47 bits per heavy atom. The summed E-state index contributed by atoms with van der Waals surface area (Å²) in [4.78, 5) is 11.8. The Morgan fingerprint density at radius 3 is 2.88 bits per heavy atom.